The maximum Gasteiger partial charge on any atom is 0.161 e. The Hall–Kier alpha value is -1.80. The fourth-order valence-corrected chi connectivity index (χ4v) is 2.55. The van der Waals surface area contributed by atoms with E-state index in [4.69, 9.17) is 11.6 Å². The summed E-state index contributed by atoms with van der Waals surface area (Å²) in [4.78, 5) is 8.44. The van der Waals surface area contributed by atoms with Gasteiger partial charge in [-0.1, -0.05) is 11.6 Å². The number of aromatic nitrogens is 6. The average molecular weight is 310 g/mol. The van der Waals surface area contributed by atoms with Crippen molar-refractivity contribution in [2.45, 2.75) is 11.6 Å². The lowest BCUT2D eigenvalue weighted by Crippen LogP contribution is -2.12. The van der Waals surface area contributed by atoms with Crippen molar-refractivity contribution in [3.8, 4) is 0 Å². The molecule has 3 rings (SSSR count). The maximum atomic E-state index is 5.82. The van der Waals surface area contributed by atoms with Gasteiger partial charge in [-0.05, 0) is 6.26 Å². The number of anilines is 1. The lowest BCUT2D eigenvalue weighted by atomic mass is 10.4. The molecule has 3 aromatic rings. The van der Waals surface area contributed by atoms with Crippen LogP contribution in [0.25, 0.3) is 11.0 Å². The van der Waals surface area contributed by atoms with Crippen molar-refractivity contribution in [3.63, 3.8) is 0 Å². The van der Waals surface area contributed by atoms with Crippen LogP contribution < -0.4 is 5.32 Å². The van der Waals surface area contributed by atoms with Crippen LogP contribution in [0.2, 0.25) is 5.02 Å². The Balaban J connectivity index is 1.75. The summed E-state index contributed by atoms with van der Waals surface area (Å²) in [6.45, 7) is 1.38. The Morgan fingerprint density at radius 3 is 3.10 bits per heavy atom. The van der Waals surface area contributed by atoms with Crippen LogP contribution in [-0.2, 0) is 6.54 Å². The first-order valence-corrected chi connectivity index (χ1v) is 7.53. The Kier molecular flexibility index (Phi) is 3.75. The van der Waals surface area contributed by atoms with E-state index in [0.717, 1.165) is 21.9 Å². The van der Waals surface area contributed by atoms with Crippen LogP contribution in [0.1, 0.15) is 0 Å². The zero-order valence-corrected chi connectivity index (χ0v) is 12.2. The summed E-state index contributed by atoms with van der Waals surface area (Å²) in [6.07, 6.45) is 6.88. The molecule has 0 aromatic carbocycles. The molecule has 0 aliphatic rings. The standard InChI is InChI=1S/C11H12ClN7S/c1-20-11-8-9(14-6-15-10(8)17-18-11)13-2-3-19-5-7(12)4-16-19/h4-6H,2-3H2,1H3,(H2,13,14,15,17,18). The number of nitrogens with zero attached hydrogens (tertiary/aromatic N) is 5. The van der Waals surface area contributed by atoms with Gasteiger partial charge in [0.15, 0.2) is 5.65 Å². The summed E-state index contributed by atoms with van der Waals surface area (Å²) in [7, 11) is 0. The van der Waals surface area contributed by atoms with Gasteiger partial charge in [0, 0.05) is 12.7 Å². The second-order valence-electron chi connectivity index (χ2n) is 4.03. The summed E-state index contributed by atoms with van der Waals surface area (Å²) < 4.78 is 1.78. The van der Waals surface area contributed by atoms with Crippen molar-refractivity contribution < 1.29 is 0 Å². The van der Waals surface area contributed by atoms with E-state index in [2.05, 4.69) is 30.6 Å². The van der Waals surface area contributed by atoms with Gasteiger partial charge in [-0.25, -0.2) is 9.97 Å². The van der Waals surface area contributed by atoms with E-state index in [1.807, 2.05) is 6.26 Å². The minimum absolute atomic E-state index is 0.633. The molecule has 0 radical (unpaired) electrons. The molecule has 0 amide bonds. The summed E-state index contributed by atoms with van der Waals surface area (Å²) in [5.74, 6) is 0.770. The van der Waals surface area contributed by atoms with Gasteiger partial charge < -0.3 is 5.32 Å². The van der Waals surface area contributed by atoms with Gasteiger partial charge in [0.2, 0.25) is 0 Å². The highest BCUT2D eigenvalue weighted by Crippen LogP contribution is 2.27. The van der Waals surface area contributed by atoms with Crippen LogP contribution in [0.5, 0.6) is 0 Å². The lowest BCUT2D eigenvalue weighted by Gasteiger charge is -2.06. The topological polar surface area (TPSA) is 84.3 Å². The van der Waals surface area contributed by atoms with Crippen molar-refractivity contribution in [2.75, 3.05) is 18.1 Å². The van der Waals surface area contributed by atoms with E-state index >= 15 is 0 Å². The van der Waals surface area contributed by atoms with Gasteiger partial charge in [-0.15, -0.1) is 11.8 Å². The van der Waals surface area contributed by atoms with Crippen LogP contribution in [0.3, 0.4) is 0 Å². The van der Waals surface area contributed by atoms with Crippen molar-refractivity contribution in [2.24, 2.45) is 0 Å². The van der Waals surface area contributed by atoms with Gasteiger partial charge in [-0.3, -0.25) is 9.78 Å². The van der Waals surface area contributed by atoms with Crippen LogP contribution in [0, 0.1) is 0 Å². The van der Waals surface area contributed by atoms with Crippen molar-refractivity contribution in [1.29, 1.82) is 0 Å². The minimum atomic E-state index is 0.633. The lowest BCUT2D eigenvalue weighted by molar-refractivity contribution is 0.637. The SMILES string of the molecule is CSc1n[nH]c2ncnc(NCCn3cc(Cl)cn3)c12. The van der Waals surface area contributed by atoms with E-state index in [9.17, 15) is 0 Å². The fraction of sp³-hybridized carbons (Fsp3) is 0.273. The number of hydrogen-bond donors (Lipinski definition) is 2. The number of aromatic amines is 1. The largest absolute Gasteiger partial charge is 0.367 e. The Bertz CT molecular complexity index is 722. The van der Waals surface area contributed by atoms with Gasteiger partial charge in [-0.2, -0.15) is 10.2 Å². The fourth-order valence-electron chi connectivity index (χ4n) is 1.86. The number of halogens is 1. The zero-order valence-electron chi connectivity index (χ0n) is 10.7. The molecule has 3 aromatic heterocycles. The second kappa shape index (κ2) is 5.68. The molecular weight excluding hydrogens is 298 g/mol. The Morgan fingerprint density at radius 2 is 2.35 bits per heavy atom. The number of hydrogen-bond acceptors (Lipinski definition) is 6. The van der Waals surface area contributed by atoms with Gasteiger partial charge in [0.05, 0.1) is 23.2 Å². The molecular formula is C11H12ClN7S. The number of H-pyrrole nitrogens is 1. The van der Waals surface area contributed by atoms with Crippen LogP contribution in [0.4, 0.5) is 5.82 Å². The molecule has 0 atom stereocenters. The third kappa shape index (κ3) is 2.56. The molecule has 0 bridgehead atoms. The molecule has 104 valence electrons. The van der Waals surface area contributed by atoms with Crippen LogP contribution in [-0.4, -0.2) is 42.7 Å². The van der Waals surface area contributed by atoms with E-state index in [1.165, 1.54) is 6.33 Å². The van der Waals surface area contributed by atoms with Crippen molar-refractivity contribution in [1.82, 2.24) is 29.9 Å². The highest BCUT2D eigenvalue weighted by atomic mass is 35.5. The molecule has 9 heteroatoms. The molecule has 0 fully saturated rings. The van der Waals surface area contributed by atoms with Crippen LogP contribution >= 0.6 is 23.4 Å². The summed E-state index contributed by atoms with van der Waals surface area (Å²) >= 11 is 7.37. The molecule has 20 heavy (non-hydrogen) atoms. The van der Waals surface area contributed by atoms with Crippen molar-refractivity contribution in [3.05, 3.63) is 23.7 Å². The highest BCUT2D eigenvalue weighted by Gasteiger charge is 2.11. The summed E-state index contributed by atoms with van der Waals surface area (Å²) in [5.41, 5.74) is 0.731. The molecule has 0 saturated heterocycles. The monoisotopic (exact) mass is 309 g/mol. The second-order valence-corrected chi connectivity index (χ2v) is 5.26. The van der Waals surface area contributed by atoms with Gasteiger partial charge in [0.25, 0.3) is 0 Å². The normalized spacial score (nSPS) is 11.1. The Morgan fingerprint density at radius 1 is 1.45 bits per heavy atom. The number of fused-ring (bicyclic) bond motifs is 1. The molecule has 2 N–H and O–H groups in total. The summed E-state index contributed by atoms with van der Waals surface area (Å²) in [6, 6.07) is 0. The predicted molar refractivity (Wildman–Crippen MR) is 79.2 cm³/mol. The average Bonchev–Trinajstić information content (AvgIpc) is 3.05. The molecule has 0 unspecified atom stereocenters. The summed E-state index contributed by atoms with van der Waals surface area (Å²) in [5, 5.41) is 16.9. The third-order valence-corrected chi connectivity index (χ3v) is 3.63. The molecule has 3 heterocycles. The zero-order chi connectivity index (χ0) is 13.9. The molecule has 0 spiro atoms. The number of nitrogens with one attached hydrogen (secondary N) is 2. The van der Waals surface area contributed by atoms with E-state index in [-0.39, 0.29) is 0 Å². The van der Waals surface area contributed by atoms with Gasteiger partial charge in [0.1, 0.15) is 17.2 Å². The number of thioether (sulfide) groups is 1. The maximum absolute atomic E-state index is 5.82. The quantitative estimate of drug-likeness (QED) is 0.702. The molecule has 0 aliphatic carbocycles. The Labute approximate surface area is 124 Å². The first-order valence-electron chi connectivity index (χ1n) is 5.93. The predicted octanol–water partition coefficient (Wildman–Crippen LogP) is 2.04. The van der Waals surface area contributed by atoms with Gasteiger partial charge >= 0.3 is 0 Å². The first kappa shape index (κ1) is 13.2. The van der Waals surface area contributed by atoms with E-state index < -0.39 is 0 Å². The minimum Gasteiger partial charge on any atom is -0.367 e. The van der Waals surface area contributed by atoms with Crippen molar-refractivity contribution >= 4 is 40.2 Å². The first-order chi connectivity index (χ1) is 9.78. The third-order valence-electron chi connectivity index (χ3n) is 2.75. The highest BCUT2D eigenvalue weighted by molar-refractivity contribution is 7.98. The molecule has 0 aliphatic heterocycles. The van der Waals surface area contributed by atoms with E-state index in [1.54, 1.807) is 28.8 Å². The van der Waals surface area contributed by atoms with E-state index in [0.29, 0.717) is 18.1 Å². The van der Waals surface area contributed by atoms with Crippen LogP contribution in [0.15, 0.2) is 23.7 Å². The molecule has 0 saturated carbocycles. The smallest absolute Gasteiger partial charge is 0.161 e. The number of rotatable bonds is 5. The molecule has 7 nitrogen and oxygen atoms in total.